The van der Waals surface area contributed by atoms with Crippen LogP contribution in [0.3, 0.4) is 0 Å². The van der Waals surface area contributed by atoms with Crippen molar-refractivity contribution in [1.82, 2.24) is 21.3 Å². The van der Waals surface area contributed by atoms with E-state index in [1.165, 1.54) is 12.1 Å². The number of carboxylic acid groups (broad SMARTS) is 1. The number of aliphatic carboxylic acids is 1. The van der Waals surface area contributed by atoms with Crippen LogP contribution in [0.4, 0.5) is 0 Å². The number of Topliss-reactive ketones (excluding diaryl/α,β-unsaturated/α-hetero) is 1. The number of ketones is 1. The highest BCUT2D eigenvalue weighted by atomic mass is 16.4. The molecule has 0 saturated heterocycles. The van der Waals surface area contributed by atoms with Gasteiger partial charge in [-0.3, -0.25) is 28.8 Å². The first-order valence-corrected chi connectivity index (χ1v) is 20.0. The van der Waals surface area contributed by atoms with Gasteiger partial charge in [0.2, 0.25) is 17.7 Å². The second-order valence-corrected chi connectivity index (χ2v) is 15.1. The van der Waals surface area contributed by atoms with E-state index in [2.05, 4.69) is 21.3 Å². The van der Waals surface area contributed by atoms with Crippen molar-refractivity contribution in [2.24, 2.45) is 11.7 Å². The monoisotopic (exact) mass is 807 g/mol. The maximum absolute atomic E-state index is 14.5. The summed E-state index contributed by atoms with van der Waals surface area (Å²) in [6.45, 7) is -0.241. The fraction of sp³-hybridized carbons (Fsp3) is 0.250. The Kier molecular flexibility index (Phi) is 14.7. The molecule has 0 radical (unpaired) electrons. The van der Waals surface area contributed by atoms with Crippen LogP contribution in [0.5, 0.6) is 0 Å². The van der Waals surface area contributed by atoms with Gasteiger partial charge < -0.3 is 32.1 Å². The van der Waals surface area contributed by atoms with Crippen LogP contribution in [0.15, 0.2) is 140 Å². The molecule has 5 atom stereocenters. The lowest BCUT2D eigenvalue weighted by molar-refractivity contribution is -0.144. The van der Waals surface area contributed by atoms with E-state index in [1.807, 2.05) is 103 Å². The summed E-state index contributed by atoms with van der Waals surface area (Å²) in [6.07, 6.45) is 0.246. The molecule has 2 bridgehead atoms. The first-order chi connectivity index (χ1) is 29.0. The number of fused-ring (bicyclic) bond motifs is 18. The zero-order valence-corrected chi connectivity index (χ0v) is 33.1. The summed E-state index contributed by atoms with van der Waals surface area (Å²) in [5.74, 6) is -5.33. The summed E-state index contributed by atoms with van der Waals surface area (Å²) >= 11 is 0. The number of rotatable bonds is 9. The number of carbonyl (C=O) groups excluding carboxylic acids is 5. The molecule has 2 aliphatic rings. The Labute approximate surface area is 349 Å². The maximum atomic E-state index is 14.5. The number of hydrogen-bond acceptors (Lipinski definition) is 7. The smallest absolute Gasteiger partial charge is 0.307 e. The minimum Gasteiger partial charge on any atom is -0.481 e. The molecule has 0 aliphatic carbocycles. The Hall–Kier alpha value is -6.92. The number of hydrogen-bond donors (Lipinski definition) is 6. The van der Waals surface area contributed by atoms with Gasteiger partial charge in [-0.2, -0.15) is 0 Å². The van der Waals surface area contributed by atoms with Crippen LogP contribution < -0.4 is 27.0 Å². The summed E-state index contributed by atoms with van der Waals surface area (Å²) in [5, 5.41) is 21.4. The molecule has 0 fully saturated rings. The second kappa shape index (κ2) is 20.7. The molecule has 60 heavy (non-hydrogen) atoms. The average Bonchev–Trinajstić information content (AvgIpc) is 3.27. The third kappa shape index (κ3) is 12.1. The van der Waals surface area contributed by atoms with Gasteiger partial charge in [-0.1, -0.05) is 127 Å². The number of aryl methyl sites for hydroxylation is 1. The Morgan fingerprint density at radius 2 is 1.05 bits per heavy atom. The van der Waals surface area contributed by atoms with E-state index in [9.17, 15) is 33.9 Å². The summed E-state index contributed by atoms with van der Waals surface area (Å²) in [7, 11) is 0. The van der Waals surface area contributed by atoms with Crippen molar-refractivity contribution in [3.05, 3.63) is 167 Å². The first kappa shape index (κ1) is 42.7. The summed E-state index contributed by atoms with van der Waals surface area (Å²) in [4.78, 5) is 82.1. The van der Waals surface area contributed by atoms with Crippen molar-refractivity contribution >= 4 is 35.4 Å². The Bertz CT molecular complexity index is 2250. The fourth-order valence-electron chi connectivity index (χ4n) is 7.16. The Morgan fingerprint density at radius 1 is 0.550 bits per heavy atom. The van der Waals surface area contributed by atoms with Crippen molar-refractivity contribution in [1.29, 1.82) is 0 Å². The molecule has 0 saturated carbocycles. The van der Waals surface area contributed by atoms with E-state index in [-0.39, 0.29) is 37.8 Å². The van der Waals surface area contributed by atoms with Gasteiger partial charge in [0.05, 0.1) is 12.0 Å². The maximum Gasteiger partial charge on any atom is 0.307 e. The van der Waals surface area contributed by atoms with E-state index in [0.29, 0.717) is 17.5 Å². The Balaban J connectivity index is 1.35. The minimum atomic E-state index is -1.22. The quantitative estimate of drug-likeness (QED) is 0.119. The molecule has 4 amide bonds. The molecule has 0 aromatic heterocycles. The predicted molar refractivity (Wildman–Crippen MR) is 227 cm³/mol. The van der Waals surface area contributed by atoms with Crippen LogP contribution in [0.25, 0.3) is 11.1 Å². The van der Waals surface area contributed by atoms with Crippen molar-refractivity contribution in [2.45, 2.75) is 62.7 Å². The van der Waals surface area contributed by atoms with Gasteiger partial charge in [0.25, 0.3) is 5.91 Å². The van der Waals surface area contributed by atoms with Crippen molar-refractivity contribution in [3.8, 4) is 11.1 Å². The zero-order chi connectivity index (χ0) is 42.4. The molecule has 7 N–H and O–H groups in total. The number of benzene rings is 5. The van der Waals surface area contributed by atoms with Gasteiger partial charge in [0.15, 0.2) is 5.78 Å². The van der Waals surface area contributed by atoms with Crippen molar-refractivity contribution in [3.63, 3.8) is 0 Å². The lowest BCUT2D eigenvalue weighted by Gasteiger charge is -2.26. The number of nitrogens with one attached hydrogen (secondary N) is 4. The van der Waals surface area contributed by atoms with Gasteiger partial charge in [-0.15, -0.1) is 0 Å². The minimum absolute atomic E-state index is 0.0119. The number of carboxylic acids is 1. The van der Waals surface area contributed by atoms with Crippen molar-refractivity contribution < 1.29 is 33.9 Å². The SMILES string of the molecule is N[C@H]1CNC(=O)c2ccc(cc2)C[C@@H](C(=O)O)CC(=O)[C@@H](Cc2ccccc2)NC(=O)[C@H](Cc2ccc(-c3ccccc3)cc2)NC(=O)[C@@H](CCc2ccccc2)NC1=O. The highest BCUT2D eigenvalue weighted by molar-refractivity contribution is 5.97. The Morgan fingerprint density at radius 3 is 1.68 bits per heavy atom. The normalized spacial score (nSPS) is 20.8. The van der Waals surface area contributed by atoms with Gasteiger partial charge >= 0.3 is 5.97 Å². The summed E-state index contributed by atoms with van der Waals surface area (Å²) < 4.78 is 0. The van der Waals surface area contributed by atoms with Crippen LogP contribution in [0.2, 0.25) is 0 Å². The lowest BCUT2D eigenvalue weighted by atomic mass is 9.90. The van der Waals surface area contributed by atoms with E-state index in [0.717, 1.165) is 22.3 Å². The van der Waals surface area contributed by atoms with Crippen LogP contribution in [-0.4, -0.2) is 71.2 Å². The predicted octanol–water partition coefficient (Wildman–Crippen LogP) is 4.20. The molecule has 12 nitrogen and oxygen atoms in total. The fourth-order valence-corrected chi connectivity index (χ4v) is 7.16. The third-order valence-electron chi connectivity index (χ3n) is 10.6. The van der Waals surface area contributed by atoms with Crippen molar-refractivity contribution in [2.75, 3.05) is 6.54 Å². The van der Waals surface area contributed by atoms with Gasteiger partial charge in [-0.25, -0.2) is 0 Å². The summed E-state index contributed by atoms with van der Waals surface area (Å²) in [5.41, 5.74) is 11.4. The molecule has 7 rings (SSSR count). The molecule has 308 valence electrons. The molecule has 2 aliphatic heterocycles. The van der Waals surface area contributed by atoms with Crippen LogP contribution in [0, 0.1) is 5.92 Å². The zero-order valence-electron chi connectivity index (χ0n) is 33.1. The molecule has 5 aromatic carbocycles. The highest BCUT2D eigenvalue weighted by Gasteiger charge is 2.33. The largest absolute Gasteiger partial charge is 0.481 e. The molecule has 0 spiro atoms. The number of carbonyl (C=O) groups is 6. The topological polar surface area (TPSA) is 197 Å². The number of amides is 4. The lowest BCUT2D eigenvalue weighted by Crippen LogP contribution is -2.58. The summed E-state index contributed by atoms with van der Waals surface area (Å²) in [6, 6.07) is 37.3. The standard InChI is InChI=1S/C48H49N5O7/c49-39-30-50-44(55)37-23-18-33(19-24-37)26-38(48(59)60)29-43(54)41(27-32-12-6-2-7-13-32)52-47(58)42(28-34-16-21-36(22-17-34)35-14-8-3-9-15-35)53-46(57)40(51-45(39)56)25-20-31-10-4-1-5-11-31/h1-19,21-24,38-42H,20,25-30,49H2,(H,50,55)(H,51,56)(H,52,58)(H,53,57)(H,59,60)/t38-,39+,40-,41-,42+/m1/s1. The van der Waals surface area contributed by atoms with E-state index >= 15 is 0 Å². The van der Waals surface area contributed by atoms with Crippen LogP contribution >= 0.6 is 0 Å². The molecular formula is C48H49N5O7. The van der Waals surface area contributed by atoms with Gasteiger partial charge in [0, 0.05) is 24.9 Å². The molecule has 0 unspecified atom stereocenters. The van der Waals surface area contributed by atoms with Gasteiger partial charge in [0.1, 0.15) is 18.1 Å². The first-order valence-electron chi connectivity index (χ1n) is 20.0. The molecular weight excluding hydrogens is 759 g/mol. The second-order valence-electron chi connectivity index (χ2n) is 15.1. The van der Waals surface area contributed by atoms with E-state index < -0.39 is 71.9 Å². The van der Waals surface area contributed by atoms with Crippen LogP contribution in [-0.2, 0) is 49.7 Å². The third-order valence-corrected chi connectivity index (χ3v) is 10.6. The molecule has 12 heteroatoms. The highest BCUT2D eigenvalue weighted by Crippen LogP contribution is 2.21. The average molecular weight is 808 g/mol. The number of nitrogens with two attached hydrogens (primary N) is 1. The molecule has 2 heterocycles. The van der Waals surface area contributed by atoms with Gasteiger partial charge in [-0.05, 0) is 71.2 Å². The van der Waals surface area contributed by atoms with Crippen LogP contribution in [0.1, 0.15) is 45.5 Å². The van der Waals surface area contributed by atoms with E-state index in [1.54, 1.807) is 24.3 Å². The molecule has 5 aromatic rings. The van der Waals surface area contributed by atoms with E-state index in [4.69, 9.17) is 5.73 Å².